The molecule has 1 aromatic heterocycles. The lowest BCUT2D eigenvalue weighted by Crippen LogP contribution is -2.42. The number of aryl methyl sites for hydroxylation is 2. The number of nitrogen functional groups attached to an aromatic ring is 1. The molecule has 0 radical (unpaired) electrons. The Labute approximate surface area is 210 Å². The van der Waals surface area contributed by atoms with Crippen LogP contribution in [0.5, 0.6) is 0 Å². The number of anilines is 1. The van der Waals surface area contributed by atoms with Crippen molar-refractivity contribution in [3.05, 3.63) is 77.4 Å². The number of hydrogen-bond acceptors (Lipinski definition) is 4. The second-order valence-corrected chi connectivity index (χ2v) is 10.5. The van der Waals surface area contributed by atoms with E-state index in [1.807, 2.05) is 33.5 Å². The fraction of sp³-hybridized carbons (Fsp3) is 0.379. The van der Waals surface area contributed by atoms with Crippen LogP contribution in [0.2, 0.25) is 0 Å². The van der Waals surface area contributed by atoms with Gasteiger partial charge in [-0.2, -0.15) is 0 Å². The van der Waals surface area contributed by atoms with Crippen LogP contribution in [-0.2, 0) is 17.6 Å². The molecule has 4 rings (SSSR count). The maximum Gasteiger partial charge on any atom is 0.410 e. The second-order valence-electron chi connectivity index (χ2n) is 10.5. The fourth-order valence-corrected chi connectivity index (χ4v) is 4.82. The number of rotatable bonds is 5. The molecule has 0 bridgehead atoms. The Morgan fingerprint density at radius 3 is 2.57 bits per heavy atom. The first-order chi connectivity index (χ1) is 16.7. The molecule has 3 aromatic rings. The topological polar surface area (TPSA) is 68.5 Å². The summed E-state index contributed by atoms with van der Waals surface area (Å²) in [4.78, 5) is 19.4. The van der Waals surface area contributed by atoms with Gasteiger partial charge in [-0.15, -0.1) is 0 Å². The number of amides is 1. The predicted octanol–water partition coefficient (Wildman–Crippen LogP) is 4.49. The summed E-state index contributed by atoms with van der Waals surface area (Å²) in [5.41, 5.74) is 13.4. The molecule has 1 fully saturated rings. The van der Waals surface area contributed by atoms with Gasteiger partial charge in [-0.1, -0.05) is 54.6 Å². The van der Waals surface area contributed by atoms with Crippen LogP contribution in [0.25, 0.3) is 11.3 Å². The average Bonchev–Trinajstić information content (AvgIpc) is 2.84. The van der Waals surface area contributed by atoms with Gasteiger partial charge in [0.05, 0.1) is 5.69 Å². The van der Waals surface area contributed by atoms with Crippen LogP contribution >= 0.6 is 0 Å². The van der Waals surface area contributed by atoms with Crippen LogP contribution in [0.1, 0.15) is 56.2 Å². The molecule has 1 saturated heterocycles. The maximum atomic E-state index is 12.7. The van der Waals surface area contributed by atoms with Gasteiger partial charge >= 0.3 is 6.09 Å². The first-order valence-corrected chi connectivity index (χ1v) is 12.6. The highest BCUT2D eigenvalue weighted by atomic mass is 16.6. The molecule has 0 saturated carbocycles. The lowest BCUT2D eigenvalue weighted by atomic mass is 9.85. The van der Waals surface area contributed by atoms with Crippen molar-refractivity contribution in [2.75, 3.05) is 18.8 Å². The van der Waals surface area contributed by atoms with E-state index >= 15 is 0 Å². The molecule has 6 heteroatoms. The quantitative estimate of drug-likeness (QED) is 0.560. The monoisotopic (exact) mass is 469 g/mol. The van der Waals surface area contributed by atoms with Gasteiger partial charge in [0.1, 0.15) is 5.60 Å². The van der Waals surface area contributed by atoms with Crippen LogP contribution in [-0.4, -0.2) is 42.5 Å². The fourth-order valence-electron chi connectivity index (χ4n) is 4.82. The maximum absolute atomic E-state index is 12.7. The van der Waals surface area contributed by atoms with Gasteiger partial charge in [-0.05, 0) is 69.2 Å². The zero-order chi connectivity index (χ0) is 25.0. The highest BCUT2D eigenvalue weighted by Gasteiger charge is 2.30. The minimum absolute atomic E-state index is 0.160. The van der Waals surface area contributed by atoms with Crippen molar-refractivity contribution in [3.8, 4) is 11.3 Å². The molecule has 2 heterocycles. The van der Waals surface area contributed by atoms with Gasteiger partial charge in [0.15, 0.2) is 7.85 Å². The Morgan fingerprint density at radius 1 is 1.11 bits per heavy atom. The van der Waals surface area contributed by atoms with Crippen molar-refractivity contribution >= 4 is 25.2 Å². The summed E-state index contributed by atoms with van der Waals surface area (Å²) in [5, 5.41) is 0. The molecule has 1 amide bonds. The van der Waals surface area contributed by atoms with Gasteiger partial charge in [0.25, 0.3) is 0 Å². The van der Waals surface area contributed by atoms with E-state index in [1.165, 1.54) is 11.1 Å². The van der Waals surface area contributed by atoms with Crippen LogP contribution < -0.4 is 11.3 Å². The standard InChI is InChI=1S/C29H36BN3O2/c1-29(2,3)35-28(34)33-17-9-13-22(19-33)24-18-25(32-27(30)26(24)31)23-14-8-7-12-21(23)16-15-20-10-5-4-6-11-20/h4-8,10-12,14,18,22H,9,13,15-17,19,30-31H2,1-3H3. The lowest BCUT2D eigenvalue weighted by molar-refractivity contribution is 0.0198. The average molecular weight is 469 g/mol. The normalized spacial score (nSPS) is 16.2. The molecule has 182 valence electrons. The minimum Gasteiger partial charge on any atom is -0.444 e. The smallest absolute Gasteiger partial charge is 0.410 e. The molecule has 0 spiro atoms. The molecular formula is C29H36BN3O2. The number of nitrogens with two attached hydrogens (primary N) is 1. The largest absolute Gasteiger partial charge is 0.444 e. The number of aromatic nitrogens is 1. The number of benzene rings is 2. The van der Waals surface area contributed by atoms with Crippen molar-refractivity contribution in [2.45, 2.75) is 58.0 Å². The summed E-state index contributed by atoms with van der Waals surface area (Å²) in [5.74, 6) is 0.160. The summed E-state index contributed by atoms with van der Waals surface area (Å²) in [6.45, 7) is 7.02. The zero-order valence-electron chi connectivity index (χ0n) is 21.4. The van der Waals surface area contributed by atoms with Crippen molar-refractivity contribution in [1.82, 2.24) is 9.88 Å². The number of pyridine rings is 1. The molecule has 2 N–H and O–H groups in total. The van der Waals surface area contributed by atoms with Gasteiger partial charge in [0.2, 0.25) is 0 Å². The third-order valence-electron chi connectivity index (χ3n) is 6.61. The zero-order valence-corrected chi connectivity index (χ0v) is 21.4. The molecule has 1 aliphatic heterocycles. The minimum atomic E-state index is -0.507. The molecule has 5 nitrogen and oxygen atoms in total. The van der Waals surface area contributed by atoms with Crippen LogP contribution in [0.3, 0.4) is 0 Å². The van der Waals surface area contributed by atoms with E-state index < -0.39 is 5.60 Å². The predicted molar refractivity (Wildman–Crippen MR) is 146 cm³/mol. The van der Waals surface area contributed by atoms with Crippen molar-refractivity contribution < 1.29 is 9.53 Å². The molecule has 35 heavy (non-hydrogen) atoms. The summed E-state index contributed by atoms with van der Waals surface area (Å²) >= 11 is 0. The van der Waals surface area contributed by atoms with Crippen LogP contribution in [0.4, 0.5) is 10.5 Å². The van der Waals surface area contributed by atoms with Crippen molar-refractivity contribution in [1.29, 1.82) is 0 Å². The molecule has 2 aromatic carbocycles. The number of piperidine rings is 1. The first kappa shape index (κ1) is 24.8. The number of carbonyl (C=O) groups excluding carboxylic acids is 1. The Morgan fingerprint density at radius 2 is 1.83 bits per heavy atom. The summed E-state index contributed by atoms with van der Waals surface area (Å²) in [6.07, 6.45) is 3.58. The van der Waals surface area contributed by atoms with Gasteiger partial charge < -0.3 is 15.4 Å². The highest BCUT2D eigenvalue weighted by molar-refractivity contribution is 6.34. The van der Waals surface area contributed by atoms with E-state index in [1.54, 1.807) is 0 Å². The molecule has 0 aliphatic carbocycles. The Hall–Kier alpha value is -3.28. The third-order valence-corrected chi connectivity index (χ3v) is 6.61. The molecule has 1 unspecified atom stereocenters. The summed E-state index contributed by atoms with van der Waals surface area (Å²) in [7, 11) is 1.98. The first-order valence-electron chi connectivity index (χ1n) is 12.6. The lowest BCUT2D eigenvalue weighted by Gasteiger charge is -2.35. The number of nitrogens with zero attached hydrogens (tertiary/aromatic N) is 2. The highest BCUT2D eigenvalue weighted by Crippen LogP contribution is 2.33. The summed E-state index contributed by atoms with van der Waals surface area (Å²) < 4.78 is 5.63. The van der Waals surface area contributed by atoms with Crippen LogP contribution in [0, 0.1) is 0 Å². The van der Waals surface area contributed by atoms with E-state index in [0.29, 0.717) is 13.1 Å². The second kappa shape index (κ2) is 10.6. The number of hydrogen-bond donors (Lipinski definition) is 1. The van der Waals surface area contributed by atoms with E-state index in [9.17, 15) is 4.79 Å². The van der Waals surface area contributed by atoms with Gasteiger partial charge in [0, 0.05) is 35.9 Å². The number of likely N-dealkylation sites (tertiary alicyclic amines) is 1. The Bertz CT molecular complexity index is 1170. The van der Waals surface area contributed by atoms with Gasteiger partial charge in [-0.3, -0.25) is 4.98 Å². The number of carbonyl (C=O) groups is 1. The third kappa shape index (κ3) is 6.24. The van der Waals surface area contributed by atoms with Crippen molar-refractivity contribution in [3.63, 3.8) is 0 Å². The van der Waals surface area contributed by atoms with Crippen molar-refractivity contribution in [2.24, 2.45) is 0 Å². The molecule has 1 atom stereocenters. The van der Waals surface area contributed by atoms with E-state index in [2.05, 4.69) is 60.7 Å². The SMILES string of the molecule is Bc1nc(-c2ccccc2CCc2ccccc2)cc(C2CCCN(C(=O)OC(C)(C)C)C2)c1N. The number of ether oxygens (including phenoxy) is 1. The van der Waals surface area contributed by atoms with Gasteiger partial charge in [-0.25, -0.2) is 4.79 Å². The Balaban J connectivity index is 1.60. The molecule has 1 aliphatic rings. The van der Waals surface area contributed by atoms with E-state index in [-0.39, 0.29) is 12.0 Å². The van der Waals surface area contributed by atoms with Crippen LogP contribution in [0.15, 0.2) is 60.7 Å². The van der Waals surface area contributed by atoms with E-state index in [4.69, 9.17) is 15.5 Å². The Kier molecular flexibility index (Phi) is 7.49. The molecular weight excluding hydrogens is 433 g/mol. The van der Waals surface area contributed by atoms with E-state index in [0.717, 1.165) is 53.8 Å². The summed E-state index contributed by atoms with van der Waals surface area (Å²) in [6, 6.07) is 21.2.